The van der Waals surface area contributed by atoms with Crippen molar-refractivity contribution in [2.45, 2.75) is 6.18 Å². The monoisotopic (exact) mass is 336 g/mol. The first-order valence-electron chi connectivity index (χ1n) is 4.96. The average molecular weight is 337 g/mol. The van der Waals surface area contributed by atoms with Gasteiger partial charge in [-0.3, -0.25) is 4.79 Å². The number of rotatable bonds is 2. The summed E-state index contributed by atoms with van der Waals surface area (Å²) in [6, 6.07) is 5.15. The Balaban J connectivity index is 2.49. The summed E-state index contributed by atoms with van der Waals surface area (Å²) in [4.78, 5) is 11.8. The van der Waals surface area contributed by atoms with E-state index in [2.05, 4.69) is 15.9 Å². The third-order valence-corrected chi connectivity index (χ3v) is 2.77. The molecule has 0 amide bonds. The SMILES string of the molecule is O=C(c1ccc(Br)o1)c1cccc(C(F)(F)F)c1F. The molecule has 0 saturated heterocycles. The molecule has 0 bridgehead atoms. The van der Waals surface area contributed by atoms with Gasteiger partial charge in [-0.15, -0.1) is 0 Å². The lowest BCUT2D eigenvalue weighted by Gasteiger charge is -2.09. The minimum Gasteiger partial charge on any atom is -0.446 e. The molecule has 0 fully saturated rings. The number of carbonyl (C=O) groups is 1. The number of hydrogen-bond donors (Lipinski definition) is 0. The van der Waals surface area contributed by atoms with Crippen LogP contribution in [0.3, 0.4) is 0 Å². The summed E-state index contributed by atoms with van der Waals surface area (Å²) in [5, 5.41) is 0. The van der Waals surface area contributed by atoms with Gasteiger partial charge < -0.3 is 4.42 Å². The van der Waals surface area contributed by atoms with E-state index in [4.69, 9.17) is 4.42 Å². The first kappa shape index (κ1) is 13.8. The van der Waals surface area contributed by atoms with Crippen LogP contribution >= 0.6 is 15.9 Å². The highest BCUT2D eigenvalue weighted by molar-refractivity contribution is 9.10. The van der Waals surface area contributed by atoms with Crippen molar-refractivity contribution in [2.24, 2.45) is 0 Å². The van der Waals surface area contributed by atoms with Crippen LogP contribution in [-0.4, -0.2) is 5.78 Å². The van der Waals surface area contributed by atoms with Crippen molar-refractivity contribution >= 4 is 21.7 Å². The van der Waals surface area contributed by atoms with Crippen molar-refractivity contribution in [2.75, 3.05) is 0 Å². The molecule has 0 unspecified atom stereocenters. The Bertz CT molecular complexity index is 631. The Morgan fingerprint density at radius 2 is 1.84 bits per heavy atom. The van der Waals surface area contributed by atoms with Gasteiger partial charge in [0.2, 0.25) is 5.78 Å². The number of hydrogen-bond acceptors (Lipinski definition) is 2. The lowest BCUT2D eigenvalue weighted by Crippen LogP contribution is -2.12. The molecule has 100 valence electrons. The highest BCUT2D eigenvalue weighted by atomic mass is 79.9. The highest BCUT2D eigenvalue weighted by Gasteiger charge is 2.36. The summed E-state index contributed by atoms with van der Waals surface area (Å²) < 4.78 is 56.4. The van der Waals surface area contributed by atoms with Crippen LogP contribution in [-0.2, 0) is 6.18 Å². The molecule has 1 heterocycles. The van der Waals surface area contributed by atoms with Crippen LogP contribution in [0.1, 0.15) is 21.7 Å². The summed E-state index contributed by atoms with van der Waals surface area (Å²) in [5.74, 6) is -2.80. The zero-order chi connectivity index (χ0) is 14.2. The summed E-state index contributed by atoms with van der Waals surface area (Å²) in [6.07, 6.45) is -4.86. The van der Waals surface area contributed by atoms with E-state index in [-0.39, 0.29) is 10.4 Å². The second-order valence-electron chi connectivity index (χ2n) is 3.60. The van der Waals surface area contributed by atoms with Gasteiger partial charge in [0.05, 0.1) is 11.1 Å². The Labute approximate surface area is 113 Å². The van der Waals surface area contributed by atoms with Gasteiger partial charge in [-0.1, -0.05) is 6.07 Å². The molecule has 0 spiro atoms. The molecule has 0 saturated carbocycles. The molecule has 0 aliphatic carbocycles. The maximum absolute atomic E-state index is 13.7. The second kappa shape index (κ2) is 4.80. The summed E-state index contributed by atoms with van der Waals surface area (Å²) in [7, 11) is 0. The molecule has 0 aliphatic heterocycles. The van der Waals surface area contributed by atoms with Gasteiger partial charge >= 0.3 is 6.18 Å². The van der Waals surface area contributed by atoms with Gasteiger partial charge in [0.25, 0.3) is 0 Å². The summed E-state index contributed by atoms with van der Waals surface area (Å²) in [6.45, 7) is 0. The van der Waals surface area contributed by atoms with E-state index in [9.17, 15) is 22.4 Å². The van der Waals surface area contributed by atoms with Crippen molar-refractivity contribution in [1.29, 1.82) is 0 Å². The van der Waals surface area contributed by atoms with E-state index < -0.39 is 28.9 Å². The van der Waals surface area contributed by atoms with Gasteiger partial charge in [0, 0.05) is 0 Å². The molecule has 0 aliphatic rings. The molecule has 2 nitrogen and oxygen atoms in total. The fourth-order valence-corrected chi connectivity index (χ4v) is 1.80. The van der Waals surface area contributed by atoms with Crippen molar-refractivity contribution in [1.82, 2.24) is 0 Å². The van der Waals surface area contributed by atoms with Crippen molar-refractivity contribution in [3.8, 4) is 0 Å². The van der Waals surface area contributed by atoms with Crippen LogP contribution in [0.25, 0.3) is 0 Å². The maximum atomic E-state index is 13.7. The summed E-state index contributed by atoms with van der Waals surface area (Å²) >= 11 is 2.95. The Kier molecular flexibility index (Phi) is 3.49. The van der Waals surface area contributed by atoms with Crippen molar-refractivity contribution in [3.05, 3.63) is 57.7 Å². The fraction of sp³-hybridized carbons (Fsp3) is 0.0833. The Hall–Kier alpha value is -1.63. The van der Waals surface area contributed by atoms with Gasteiger partial charge in [-0.25, -0.2) is 4.39 Å². The molecule has 19 heavy (non-hydrogen) atoms. The normalized spacial score (nSPS) is 11.6. The van der Waals surface area contributed by atoms with E-state index in [1.54, 1.807) is 0 Å². The van der Waals surface area contributed by atoms with Gasteiger partial charge in [0.15, 0.2) is 10.4 Å². The standard InChI is InChI=1S/C12H5BrF4O2/c13-9-5-4-8(19-9)11(18)6-2-1-3-7(10(6)14)12(15,16)17/h1-5H. The Morgan fingerprint density at radius 1 is 1.16 bits per heavy atom. The zero-order valence-electron chi connectivity index (χ0n) is 9.09. The summed E-state index contributed by atoms with van der Waals surface area (Å²) in [5.41, 5.74) is -2.17. The first-order valence-corrected chi connectivity index (χ1v) is 5.75. The molecule has 7 heteroatoms. The number of carbonyl (C=O) groups excluding carboxylic acids is 1. The van der Waals surface area contributed by atoms with E-state index in [0.29, 0.717) is 6.07 Å². The first-order chi connectivity index (χ1) is 8.80. The highest BCUT2D eigenvalue weighted by Crippen LogP contribution is 2.33. The quantitative estimate of drug-likeness (QED) is 0.599. The number of alkyl halides is 3. The molecule has 0 atom stereocenters. The molecule has 0 radical (unpaired) electrons. The van der Waals surface area contributed by atoms with E-state index in [1.807, 2.05) is 0 Å². The van der Waals surface area contributed by atoms with Gasteiger partial charge in [-0.2, -0.15) is 13.2 Å². The molecular weight excluding hydrogens is 332 g/mol. The predicted molar refractivity (Wildman–Crippen MR) is 61.2 cm³/mol. The number of halogens is 5. The van der Waals surface area contributed by atoms with Gasteiger partial charge in [0.1, 0.15) is 5.82 Å². The Morgan fingerprint density at radius 3 is 2.37 bits per heavy atom. The lowest BCUT2D eigenvalue weighted by atomic mass is 10.0. The van der Waals surface area contributed by atoms with Crippen molar-refractivity contribution in [3.63, 3.8) is 0 Å². The average Bonchev–Trinajstić information content (AvgIpc) is 2.74. The molecule has 2 aromatic rings. The van der Waals surface area contributed by atoms with E-state index in [1.165, 1.54) is 12.1 Å². The van der Waals surface area contributed by atoms with Crippen LogP contribution < -0.4 is 0 Å². The van der Waals surface area contributed by atoms with Crippen LogP contribution in [0.2, 0.25) is 0 Å². The number of furan rings is 1. The molecular formula is C12H5BrF4O2. The minimum atomic E-state index is -4.86. The van der Waals surface area contributed by atoms with E-state index in [0.717, 1.165) is 12.1 Å². The number of ketones is 1. The smallest absolute Gasteiger partial charge is 0.419 e. The molecule has 0 N–H and O–H groups in total. The molecule has 1 aromatic heterocycles. The maximum Gasteiger partial charge on any atom is 0.419 e. The van der Waals surface area contributed by atoms with Crippen LogP contribution in [0.5, 0.6) is 0 Å². The minimum absolute atomic E-state index is 0.225. The van der Waals surface area contributed by atoms with Crippen LogP contribution in [0.4, 0.5) is 17.6 Å². The largest absolute Gasteiger partial charge is 0.446 e. The molecule has 1 aromatic carbocycles. The van der Waals surface area contributed by atoms with Crippen LogP contribution in [0, 0.1) is 5.82 Å². The third-order valence-electron chi connectivity index (χ3n) is 2.35. The van der Waals surface area contributed by atoms with Crippen molar-refractivity contribution < 1.29 is 26.8 Å². The lowest BCUT2D eigenvalue weighted by molar-refractivity contribution is -0.140. The van der Waals surface area contributed by atoms with Gasteiger partial charge in [-0.05, 0) is 40.2 Å². The third kappa shape index (κ3) is 2.70. The number of benzene rings is 1. The zero-order valence-corrected chi connectivity index (χ0v) is 10.7. The molecule has 2 rings (SSSR count). The van der Waals surface area contributed by atoms with Crippen LogP contribution in [0.15, 0.2) is 39.4 Å². The second-order valence-corrected chi connectivity index (χ2v) is 4.38. The fourth-order valence-electron chi connectivity index (χ4n) is 1.50. The topological polar surface area (TPSA) is 30.2 Å². The van der Waals surface area contributed by atoms with E-state index >= 15 is 0 Å². The predicted octanol–water partition coefficient (Wildman–Crippen LogP) is 4.43.